The lowest BCUT2D eigenvalue weighted by Gasteiger charge is -2.39. The average Bonchev–Trinajstić information content (AvgIpc) is 2.42. The van der Waals surface area contributed by atoms with Crippen LogP contribution in [0.2, 0.25) is 0 Å². The molecule has 7 nitrogen and oxygen atoms in total. The van der Waals surface area contributed by atoms with Crippen molar-refractivity contribution < 1.29 is 9.53 Å². The van der Waals surface area contributed by atoms with Crippen LogP contribution in [0.4, 0.5) is 0 Å². The number of nitrogens with zero attached hydrogens (tertiary/aromatic N) is 2. The maximum atomic E-state index is 12.2. The van der Waals surface area contributed by atoms with Crippen molar-refractivity contribution in [3.63, 3.8) is 0 Å². The van der Waals surface area contributed by atoms with Crippen molar-refractivity contribution in [2.45, 2.75) is 26.3 Å². The number of ether oxygens (including phenoxy) is 1. The van der Waals surface area contributed by atoms with Crippen LogP contribution in [0.5, 0.6) is 0 Å². The van der Waals surface area contributed by atoms with Crippen molar-refractivity contribution >= 4 is 5.91 Å². The Bertz CT molecular complexity index is 611. The molecule has 21 heavy (non-hydrogen) atoms. The van der Waals surface area contributed by atoms with Gasteiger partial charge in [-0.05, 0) is 18.3 Å². The smallest absolute Gasteiger partial charge is 0.328 e. The quantitative estimate of drug-likeness (QED) is 0.834. The van der Waals surface area contributed by atoms with Crippen LogP contribution in [-0.4, -0.2) is 47.2 Å². The van der Waals surface area contributed by atoms with Crippen molar-refractivity contribution in [1.29, 1.82) is 0 Å². The van der Waals surface area contributed by atoms with Gasteiger partial charge in [-0.25, -0.2) is 4.79 Å². The van der Waals surface area contributed by atoms with Crippen LogP contribution in [0.1, 0.15) is 19.8 Å². The molecule has 1 aliphatic rings. The van der Waals surface area contributed by atoms with E-state index in [1.165, 1.54) is 16.8 Å². The van der Waals surface area contributed by atoms with E-state index in [9.17, 15) is 14.4 Å². The minimum absolute atomic E-state index is 0.0450. The number of aromatic amines is 1. The Morgan fingerprint density at radius 2 is 2.05 bits per heavy atom. The first-order valence-corrected chi connectivity index (χ1v) is 7.00. The Kier molecular flexibility index (Phi) is 4.62. The summed E-state index contributed by atoms with van der Waals surface area (Å²) in [7, 11) is 1.69. The summed E-state index contributed by atoms with van der Waals surface area (Å²) in [6, 6.07) is 1.24. The SMILES string of the molecule is COCC1(C)CCN(C(=O)Cn2ccc(=O)[nH]c2=O)CC1. The number of rotatable bonds is 4. The molecule has 0 unspecified atom stereocenters. The lowest BCUT2D eigenvalue weighted by Crippen LogP contribution is -2.45. The van der Waals surface area contributed by atoms with Crippen LogP contribution in [0.3, 0.4) is 0 Å². The highest BCUT2D eigenvalue weighted by Crippen LogP contribution is 2.30. The molecule has 0 atom stereocenters. The Labute approximate surface area is 122 Å². The van der Waals surface area contributed by atoms with E-state index in [4.69, 9.17) is 4.74 Å². The third-order valence-corrected chi connectivity index (χ3v) is 4.02. The predicted molar refractivity (Wildman–Crippen MR) is 77.1 cm³/mol. The van der Waals surface area contributed by atoms with Crippen molar-refractivity contribution in [2.24, 2.45) is 5.41 Å². The number of carbonyl (C=O) groups excluding carboxylic acids is 1. The number of likely N-dealkylation sites (tertiary alicyclic amines) is 1. The molecule has 1 fully saturated rings. The minimum atomic E-state index is -0.558. The molecular formula is C14H21N3O4. The maximum Gasteiger partial charge on any atom is 0.328 e. The molecule has 0 aliphatic carbocycles. The second kappa shape index (κ2) is 6.26. The van der Waals surface area contributed by atoms with Gasteiger partial charge in [0, 0.05) is 32.5 Å². The van der Waals surface area contributed by atoms with Gasteiger partial charge in [0.2, 0.25) is 5.91 Å². The van der Waals surface area contributed by atoms with E-state index in [-0.39, 0.29) is 17.9 Å². The maximum absolute atomic E-state index is 12.2. The van der Waals surface area contributed by atoms with Crippen LogP contribution in [0, 0.1) is 5.41 Å². The Hall–Kier alpha value is -1.89. The molecule has 2 heterocycles. The number of amides is 1. The summed E-state index contributed by atoms with van der Waals surface area (Å²) in [6.45, 7) is 4.13. The molecule has 1 aromatic heterocycles. The van der Waals surface area contributed by atoms with Crippen LogP contribution in [-0.2, 0) is 16.1 Å². The summed E-state index contributed by atoms with van der Waals surface area (Å²) in [4.78, 5) is 38.7. The molecule has 0 bridgehead atoms. The minimum Gasteiger partial charge on any atom is -0.384 e. The summed E-state index contributed by atoms with van der Waals surface area (Å²) >= 11 is 0. The summed E-state index contributed by atoms with van der Waals surface area (Å²) in [5, 5.41) is 0. The normalized spacial score (nSPS) is 17.7. The van der Waals surface area contributed by atoms with Gasteiger partial charge in [0.25, 0.3) is 5.56 Å². The molecule has 0 radical (unpaired) electrons. The molecular weight excluding hydrogens is 274 g/mol. The number of hydrogen-bond acceptors (Lipinski definition) is 4. The number of hydrogen-bond donors (Lipinski definition) is 1. The highest BCUT2D eigenvalue weighted by atomic mass is 16.5. The molecule has 2 rings (SSSR count). The van der Waals surface area contributed by atoms with E-state index in [1.54, 1.807) is 12.0 Å². The number of carbonyl (C=O) groups is 1. The zero-order valence-corrected chi connectivity index (χ0v) is 12.4. The molecule has 116 valence electrons. The van der Waals surface area contributed by atoms with Gasteiger partial charge in [-0.3, -0.25) is 19.1 Å². The molecule has 1 saturated heterocycles. The number of H-pyrrole nitrogens is 1. The number of aromatic nitrogens is 2. The first-order valence-electron chi connectivity index (χ1n) is 7.00. The third-order valence-electron chi connectivity index (χ3n) is 4.02. The molecule has 1 N–H and O–H groups in total. The van der Waals surface area contributed by atoms with Gasteiger partial charge in [0.15, 0.2) is 0 Å². The number of methoxy groups -OCH3 is 1. The molecule has 1 amide bonds. The van der Waals surface area contributed by atoms with Crippen molar-refractivity contribution in [2.75, 3.05) is 26.8 Å². The predicted octanol–water partition coefficient (Wildman–Crippen LogP) is -0.188. The summed E-state index contributed by atoms with van der Waals surface area (Å²) in [5.41, 5.74) is -0.908. The first kappa shape index (κ1) is 15.5. The van der Waals surface area contributed by atoms with Crippen LogP contribution in [0.25, 0.3) is 0 Å². The van der Waals surface area contributed by atoms with Gasteiger partial charge < -0.3 is 9.64 Å². The van der Waals surface area contributed by atoms with Gasteiger partial charge in [0.1, 0.15) is 6.54 Å². The highest BCUT2D eigenvalue weighted by molar-refractivity contribution is 5.76. The fourth-order valence-electron chi connectivity index (χ4n) is 2.60. The van der Waals surface area contributed by atoms with Gasteiger partial charge in [-0.2, -0.15) is 0 Å². The lowest BCUT2D eigenvalue weighted by atomic mass is 9.81. The molecule has 0 saturated carbocycles. The zero-order valence-electron chi connectivity index (χ0n) is 12.4. The van der Waals surface area contributed by atoms with Gasteiger partial charge in [-0.15, -0.1) is 0 Å². The fraction of sp³-hybridized carbons (Fsp3) is 0.643. The number of piperidine rings is 1. The van der Waals surface area contributed by atoms with Gasteiger partial charge in [0.05, 0.1) is 6.61 Å². The first-order chi connectivity index (χ1) is 9.93. The Morgan fingerprint density at radius 3 is 2.62 bits per heavy atom. The Morgan fingerprint density at radius 1 is 1.38 bits per heavy atom. The van der Waals surface area contributed by atoms with E-state index < -0.39 is 11.2 Å². The largest absolute Gasteiger partial charge is 0.384 e. The molecule has 7 heteroatoms. The summed E-state index contributed by atoms with van der Waals surface area (Å²) < 4.78 is 6.43. The molecule has 1 aromatic rings. The van der Waals surface area contributed by atoms with Gasteiger partial charge in [-0.1, -0.05) is 6.92 Å². The van der Waals surface area contributed by atoms with E-state index in [2.05, 4.69) is 11.9 Å². The van der Waals surface area contributed by atoms with Crippen molar-refractivity contribution in [3.8, 4) is 0 Å². The molecule has 0 aromatic carbocycles. The van der Waals surface area contributed by atoms with E-state index in [0.29, 0.717) is 19.7 Å². The Balaban J connectivity index is 1.96. The van der Waals surface area contributed by atoms with Crippen LogP contribution < -0.4 is 11.2 Å². The topological polar surface area (TPSA) is 84.4 Å². The van der Waals surface area contributed by atoms with E-state index >= 15 is 0 Å². The lowest BCUT2D eigenvalue weighted by molar-refractivity contribution is -0.134. The van der Waals surface area contributed by atoms with Crippen molar-refractivity contribution in [3.05, 3.63) is 33.1 Å². The monoisotopic (exact) mass is 295 g/mol. The summed E-state index contributed by atoms with van der Waals surface area (Å²) in [5.74, 6) is -0.108. The zero-order chi connectivity index (χ0) is 15.5. The summed E-state index contributed by atoms with van der Waals surface area (Å²) in [6.07, 6.45) is 3.11. The van der Waals surface area contributed by atoms with Crippen molar-refractivity contribution in [1.82, 2.24) is 14.5 Å². The van der Waals surface area contributed by atoms with Crippen LogP contribution >= 0.6 is 0 Å². The average molecular weight is 295 g/mol. The third kappa shape index (κ3) is 3.81. The van der Waals surface area contributed by atoms with E-state index in [0.717, 1.165) is 12.8 Å². The second-order valence-electron chi connectivity index (χ2n) is 5.86. The van der Waals surface area contributed by atoms with Crippen LogP contribution in [0.15, 0.2) is 21.9 Å². The fourth-order valence-corrected chi connectivity index (χ4v) is 2.60. The molecule has 1 aliphatic heterocycles. The van der Waals surface area contributed by atoms with E-state index in [1.807, 2.05) is 0 Å². The van der Waals surface area contributed by atoms with Gasteiger partial charge >= 0.3 is 5.69 Å². The standard InChI is InChI=1S/C14H21N3O4/c1-14(10-21-2)4-7-16(8-5-14)12(19)9-17-6-3-11(18)15-13(17)20/h3,6H,4-5,7-10H2,1-2H3,(H,15,18,20). The number of nitrogens with one attached hydrogen (secondary N) is 1. The second-order valence-corrected chi connectivity index (χ2v) is 5.86. The highest BCUT2D eigenvalue weighted by Gasteiger charge is 2.31. The molecule has 0 spiro atoms.